The molecule has 2 heterocycles. The van der Waals surface area contributed by atoms with E-state index in [2.05, 4.69) is 10.3 Å². The number of rotatable bonds is 6. The van der Waals surface area contributed by atoms with Crippen molar-refractivity contribution in [2.75, 3.05) is 11.9 Å². The summed E-state index contributed by atoms with van der Waals surface area (Å²) < 4.78 is 20.2. The molecule has 0 atom stereocenters. The Morgan fingerprint density at radius 3 is 2.85 bits per heavy atom. The van der Waals surface area contributed by atoms with Crippen molar-refractivity contribution in [1.29, 1.82) is 0 Å². The molecule has 0 aliphatic heterocycles. The fraction of sp³-hybridized carbons (Fsp3) is 0.316. The number of benzene rings is 1. The number of thiazole rings is 1. The number of nitrogens with zero attached hydrogens (tertiary/aromatic N) is 2. The van der Waals surface area contributed by atoms with Crippen LogP contribution in [0.15, 0.2) is 30.5 Å². The van der Waals surface area contributed by atoms with Crippen LogP contribution in [0, 0.1) is 18.7 Å². The Labute approximate surface area is 160 Å². The zero-order chi connectivity index (χ0) is 19.6. The van der Waals surface area contributed by atoms with E-state index in [0.29, 0.717) is 22.3 Å². The van der Waals surface area contributed by atoms with Gasteiger partial charge in [-0.2, -0.15) is 0 Å². The van der Waals surface area contributed by atoms with Gasteiger partial charge in [-0.15, -0.1) is 0 Å². The van der Waals surface area contributed by atoms with Crippen LogP contribution >= 0.6 is 11.3 Å². The third kappa shape index (κ3) is 4.51. The number of amides is 1. The molecule has 1 aromatic carbocycles. The molecular weight excluding hydrogens is 369 g/mol. The van der Waals surface area contributed by atoms with Gasteiger partial charge >= 0.3 is 5.97 Å². The van der Waals surface area contributed by atoms with Crippen LogP contribution in [0.4, 0.5) is 9.52 Å². The van der Waals surface area contributed by atoms with E-state index in [1.807, 2.05) is 13.8 Å². The van der Waals surface area contributed by atoms with Crippen molar-refractivity contribution < 1.29 is 18.7 Å². The number of hydrogen-bond donors (Lipinski definition) is 1. The largest absolute Gasteiger partial charge is 0.461 e. The topological polar surface area (TPSA) is 73.2 Å². The number of ether oxygens (including phenoxy) is 1. The van der Waals surface area contributed by atoms with Gasteiger partial charge in [0.25, 0.3) is 0 Å². The number of aromatic nitrogens is 2. The molecule has 0 bridgehead atoms. The van der Waals surface area contributed by atoms with Crippen molar-refractivity contribution in [3.63, 3.8) is 0 Å². The molecule has 0 aliphatic carbocycles. The van der Waals surface area contributed by atoms with Crippen LogP contribution in [-0.4, -0.2) is 28.0 Å². The van der Waals surface area contributed by atoms with Crippen LogP contribution in [0.1, 0.15) is 29.2 Å². The summed E-state index contributed by atoms with van der Waals surface area (Å²) in [6, 6.07) is 6.16. The SMILES string of the molecule is Cc1nc(NC(=O)Cn2ccc3cc(F)ccc32)sc1C(=O)OCC(C)C. The number of carbonyl (C=O) groups excluding carboxylic acids is 2. The lowest BCUT2D eigenvalue weighted by Crippen LogP contribution is -2.18. The lowest BCUT2D eigenvalue weighted by molar-refractivity contribution is -0.116. The maximum absolute atomic E-state index is 13.3. The third-order valence-electron chi connectivity index (χ3n) is 3.82. The van der Waals surface area contributed by atoms with E-state index in [9.17, 15) is 14.0 Å². The predicted molar refractivity (Wildman–Crippen MR) is 102 cm³/mol. The van der Waals surface area contributed by atoms with Gasteiger partial charge in [0.1, 0.15) is 17.2 Å². The van der Waals surface area contributed by atoms with E-state index < -0.39 is 5.97 Å². The molecule has 0 saturated carbocycles. The predicted octanol–water partition coefficient (Wildman–Crippen LogP) is 4.00. The normalized spacial score (nSPS) is 11.1. The molecule has 6 nitrogen and oxygen atoms in total. The second kappa shape index (κ2) is 7.87. The molecule has 27 heavy (non-hydrogen) atoms. The van der Waals surface area contributed by atoms with Gasteiger partial charge in [-0.25, -0.2) is 14.2 Å². The minimum atomic E-state index is -0.433. The minimum absolute atomic E-state index is 0.0564. The number of halogens is 1. The van der Waals surface area contributed by atoms with Crippen LogP contribution in [-0.2, 0) is 16.1 Å². The molecular formula is C19H20FN3O3S. The number of carbonyl (C=O) groups is 2. The van der Waals surface area contributed by atoms with Crippen LogP contribution < -0.4 is 5.32 Å². The summed E-state index contributed by atoms with van der Waals surface area (Å²) >= 11 is 1.09. The Morgan fingerprint density at radius 1 is 1.33 bits per heavy atom. The number of fused-ring (bicyclic) bond motifs is 1. The van der Waals surface area contributed by atoms with Gasteiger partial charge in [0, 0.05) is 17.1 Å². The van der Waals surface area contributed by atoms with Crippen molar-refractivity contribution in [1.82, 2.24) is 9.55 Å². The van der Waals surface area contributed by atoms with Crippen LogP contribution in [0.2, 0.25) is 0 Å². The van der Waals surface area contributed by atoms with Crippen molar-refractivity contribution in [2.45, 2.75) is 27.3 Å². The minimum Gasteiger partial charge on any atom is -0.461 e. The molecule has 0 aliphatic rings. The van der Waals surface area contributed by atoms with Gasteiger partial charge in [0.05, 0.1) is 12.3 Å². The lowest BCUT2D eigenvalue weighted by Gasteiger charge is -2.06. The first-order valence-corrected chi connectivity index (χ1v) is 9.34. The third-order valence-corrected chi connectivity index (χ3v) is 4.88. The molecule has 2 aromatic heterocycles. The van der Waals surface area contributed by atoms with E-state index in [1.165, 1.54) is 12.1 Å². The number of aryl methyl sites for hydroxylation is 1. The highest BCUT2D eigenvalue weighted by molar-refractivity contribution is 7.17. The highest BCUT2D eigenvalue weighted by atomic mass is 32.1. The van der Waals surface area contributed by atoms with Crippen molar-refractivity contribution in [3.8, 4) is 0 Å². The summed E-state index contributed by atoms with van der Waals surface area (Å²) in [6.07, 6.45) is 1.73. The lowest BCUT2D eigenvalue weighted by atomic mass is 10.2. The second-order valence-corrected chi connectivity index (χ2v) is 7.62. The second-order valence-electron chi connectivity index (χ2n) is 6.62. The van der Waals surface area contributed by atoms with Gasteiger partial charge in [-0.05, 0) is 37.1 Å². The smallest absolute Gasteiger partial charge is 0.350 e. The van der Waals surface area contributed by atoms with E-state index in [1.54, 1.807) is 29.8 Å². The highest BCUT2D eigenvalue weighted by Gasteiger charge is 2.18. The van der Waals surface area contributed by atoms with Gasteiger partial charge in [0.2, 0.25) is 5.91 Å². The fourth-order valence-corrected chi connectivity index (χ4v) is 3.45. The molecule has 0 spiro atoms. The first-order valence-electron chi connectivity index (χ1n) is 8.52. The molecule has 142 valence electrons. The molecule has 3 aromatic rings. The molecule has 3 rings (SSSR count). The van der Waals surface area contributed by atoms with Crippen molar-refractivity contribution in [3.05, 3.63) is 46.9 Å². The zero-order valence-electron chi connectivity index (χ0n) is 15.3. The van der Waals surface area contributed by atoms with Crippen LogP contribution in [0.5, 0.6) is 0 Å². The quantitative estimate of drug-likeness (QED) is 0.647. The maximum Gasteiger partial charge on any atom is 0.350 e. The highest BCUT2D eigenvalue weighted by Crippen LogP contribution is 2.24. The Bertz CT molecular complexity index is 993. The Kier molecular flexibility index (Phi) is 5.55. The summed E-state index contributed by atoms with van der Waals surface area (Å²) in [5.74, 6) is -0.795. The standard InChI is InChI=1S/C19H20FN3O3S/c1-11(2)10-26-18(25)17-12(3)21-19(27-17)22-16(24)9-23-7-6-13-8-14(20)4-5-15(13)23/h4-8,11H,9-10H2,1-3H3,(H,21,22,24). The summed E-state index contributed by atoms with van der Waals surface area (Å²) in [5, 5.41) is 3.77. The van der Waals surface area contributed by atoms with Crippen molar-refractivity contribution >= 4 is 39.2 Å². The van der Waals surface area contributed by atoms with Crippen LogP contribution in [0.3, 0.4) is 0 Å². The molecule has 0 saturated heterocycles. The molecule has 0 fully saturated rings. The average Bonchev–Trinajstić information content (AvgIpc) is 3.15. The zero-order valence-corrected chi connectivity index (χ0v) is 16.1. The number of esters is 1. The molecule has 1 N–H and O–H groups in total. The maximum atomic E-state index is 13.3. The first-order chi connectivity index (χ1) is 12.8. The van der Waals surface area contributed by atoms with E-state index >= 15 is 0 Å². The Morgan fingerprint density at radius 2 is 2.11 bits per heavy atom. The first kappa shape index (κ1) is 19.0. The summed E-state index contributed by atoms with van der Waals surface area (Å²) in [7, 11) is 0. The fourth-order valence-electron chi connectivity index (χ4n) is 2.57. The summed E-state index contributed by atoms with van der Waals surface area (Å²) in [6.45, 7) is 6.00. The molecule has 8 heteroatoms. The summed E-state index contributed by atoms with van der Waals surface area (Å²) in [4.78, 5) is 29.1. The number of nitrogens with one attached hydrogen (secondary N) is 1. The number of anilines is 1. The number of hydrogen-bond acceptors (Lipinski definition) is 5. The van der Waals surface area contributed by atoms with Gasteiger partial charge in [0.15, 0.2) is 5.13 Å². The Balaban J connectivity index is 1.67. The molecule has 0 radical (unpaired) electrons. The van der Waals surface area contributed by atoms with E-state index in [0.717, 1.165) is 22.2 Å². The molecule has 1 amide bonds. The van der Waals surface area contributed by atoms with Gasteiger partial charge < -0.3 is 14.6 Å². The van der Waals surface area contributed by atoms with Crippen LogP contribution in [0.25, 0.3) is 10.9 Å². The van der Waals surface area contributed by atoms with E-state index in [4.69, 9.17) is 4.74 Å². The average molecular weight is 389 g/mol. The van der Waals surface area contributed by atoms with Crippen molar-refractivity contribution in [2.24, 2.45) is 5.92 Å². The summed E-state index contributed by atoms with van der Waals surface area (Å²) in [5.41, 5.74) is 1.28. The van der Waals surface area contributed by atoms with E-state index in [-0.39, 0.29) is 24.2 Å². The van der Waals surface area contributed by atoms with Gasteiger partial charge in [-0.1, -0.05) is 25.2 Å². The molecule has 0 unspecified atom stereocenters. The monoisotopic (exact) mass is 389 g/mol. The Hall–Kier alpha value is -2.74. The van der Waals surface area contributed by atoms with Gasteiger partial charge in [-0.3, -0.25) is 4.79 Å².